The minimum absolute atomic E-state index is 0.307. The minimum Gasteiger partial charge on any atom is -0.426 e. The third-order valence-electron chi connectivity index (χ3n) is 4.82. The SMILES string of the molecule is C[C@H]1C(=O)N(c2ccc(Br)cc2)C(=O)[C@@H]2C(=O)Oc3ccccc3[C@@H]21. The van der Waals surface area contributed by atoms with Gasteiger partial charge in [-0.3, -0.25) is 14.4 Å². The van der Waals surface area contributed by atoms with Crippen molar-refractivity contribution in [3.63, 3.8) is 0 Å². The number of amides is 2. The fourth-order valence-corrected chi connectivity index (χ4v) is 3.87. The first-order chi connectivity index (χ1) is 12.0. The minimum atomic E-state index is -1.01. The number of piperidine rings is 1. The van der Waals surface area contributed by atoms with Crippen molar-refractivity contribution in [1.82, 2.24) is 0 Å². The summed E-state index contributed by atoms with van der Waals surface area (Å²) in [5, 5.41) is 0. The van der Waals surface area contributed by atoms with Crippen LogP contribution in [0.3, 0.4) is 0 Å². The van der Waals surface area contributed by atoms with Crippen molar-refractivity contribution in [2.24, 2.45) is 11.8 Å². The molecule has 0 unspecified atom stereocenters. The lowest BCUT2D eigenvalue weighted by Gasteiger charge is -2.41. The molecule has 126 valence electrons. The molecule has 2 aliphatic rings. The highest BCUT2D eigenvalue weighted by Crippen LogP contribution is 2.46. The lowest BCUT2D eigenvalue weighted by Crippen LogP contribution is -2.57. The Bertz CT molecular complexity index is 893. The third-order valence-corrected chi connectivity index (χ3v) is 5.35. The Kier molecular flexibility index (Phi) is 3.72. The van der Waals surface area contributed by atoms with Gasteiger partial charge in [0.25, 0.3) is 0 Å². The Balaban J connectivity index is 1.81. The molecule has 2 aromatic rings. The van der Waals surface area contributed by atoms with Crippen LogP contribution in [0.4, 0.5) is 5.69 Å². The number of carbonyl (C=O) groups is 3. The van der Waals surface area contributed by atoms with Gasteiger partial charge in [0.05, 0.1) is 5.69 Å². The molecular formula is C19H14BrNO4. The van der Waals surface area contributed by atoms with Crippen LogP contribution in [0.1, 0.15) is 18.4 Å². The number of esters is 1. The normalized spacial score (nSPS) is 25.3. The van der Waals surface area contributed by atoms with E-state index >= 15 is 0 Å². The highest BCUT2D eigenvalue weighted by molar-refractivity contribution is 9.10. The van der Waals surface area contributed by atoms with Gasteiger partial charge in [-0.05, 0) is 30.3 Å². The van der Waals surface area contributed by atoms with Crippen LogP contribution in [-0.2, 0) is 14.4 Å². The number of hydrogen-bond donors (Lipinski definition) is 0. The summed E-state index contributed by atoms with van der Waals surface area (Å²) >= 11 is 3.33. The molecule has 0 saturated carbocycles. The molecule has 0 spiro atoms. The Labute approximate surface area is 152 Å². The zero-order valence-corrected chi connectivity index (χ0v) is 14.9. The van der Waals surface area contributed by atoms with Gasteiger partial charge >= 0.3 is 5.97 Å². The second-order valence-corrected chi connectivity index (χ2v) is 7.16. The zero-order chi connectivity index (χ0) is 17.7. The second kappa shape index (κ2) is 5.81. The molecule has 0 N–H and O–H groups in total. The van der Waals surface area contributed by atoms with Crippen LogP contribution >= 0.6 is 15.9 Å². The number of carbonyl (C=O) groups excluding carboxylic acids is 3. The fourth-order valence-electron chi connectivity index (χ4n) is 3.61. The Hall–Kier alpha value is -2.47. The fraction of sp³-hybridized carbons (Fsp3) is 0.211. The Morgan fingerprint density at radius 2 is 1.64 bits per heavy atom. The third kappa shape index (κ3) is 2.40. The summed E-state index contributed by atoms with van der Waals surface area (Å²) in [6.07, 6.45) is 0. The summed E-state index contributed by atoms with van der Waals surface area (Å²) < 4.78 is 6.19. The molecule has 3 atom stereocenters. The quantitative estimate of drug-likeness (QED) is 0.319. The molecule has 0 aliphatic carbocycles. The molecule has 2 aromatic carbocycles. The lowest BCUT2D eigenvalue weighted by atomic mass is 9.72. The predicted molar refractivity (Wildman–Crippen MR) is 94.1 cm³/mol. The van der Waals surface area contributed by atoms with E-state index < -0.39 is 29.6 Å². The van der Waals surface area contributed by atoms with E-state index in [-0.39, 0.29) is 5.91 Å². The van der Waals surface area contributed by atoms with Gasteiger partial charge in [-0.25, -0.2) is 4.90 Å². The molecule has 1 fully saturated rings. The van der Waals surface area contributed by atoms with Crippen LogP contribution in [0.5, 0.6) is 5.75 Å². The van der Waals surface area contributed by atoms with E-state index in [1.165, 1.54) is 0 Å². The lowest BCUT2D eigenvalue weighted by molar-refractivity contribution is -0.151. The molecule has 2 aliphatic heterocycles. The first-order valence-electron chi connectivity index (χ1n) is 7.93. The standard InChI is InChI=1S/C19H14BrNO4/c1-10-15-13-4-2-3-5-14(13)25-19(24)16(15)18(23)21(17(10)22)12-8-6-11(20)7-9-12/h2-10,15-16H,1H3/t10-,15+,16-/m1/s1. The molecule has 0 aromatic heterocycles. The van der Waals surface area contributed by atoms with Gasteiger partial charge in [-0.2, -0.15) is 0 Å². The molecule has 5 nitrogen and oxygen atoms in total. The van der Waals surface area contributed by atoms with Gasteiger partial charge in [0.15, 0.2) is 0 Å². The zero-order valence-electron chi connectivity index (χ0n) is 13.3. The van der Waals surface area contributed by atoms with E-state index in [1.807, 2.05) is 12.1 Å². The van der Waals surface area contributed by atoms with Gasteiger partial charge in [0, 0.05) is 21.9 Å². The van der Waals surface area contributed by atoms with Crippen LogP contribution in [0.15, 0.2) is 53.0 Å². The largest absolute Gasteiger partial charge is 0.426 e. The molecule has 1 saturated heterocycles. The van der Waals surface area contributed by atoms with Gasteiger partial charge in [0.1, 0.15) is 11.7 Å². The molecule has 25 heavy (non-hydrogen) atoms. The number of ether oxygens (including phenoxy) is 1. The van der Waals surface area contributed by atoms with E-state index in [0.717, 1.165) is 14.9 Å². The average Bonchev–Trinajstić information content (AvgIpc) is 2.60. The molecule has 2 amide bonds. The van der Waals surface area contributed by atoms with Gasteiger partial charge in [-0.15, -0.1) is 0 Å². The summed E-state index contributed by atoms with van der Waals surface area (Å²) in [5.74, 6) is -3.03. The number of fused-ring (bicyclic) bond motifs is 3. The van der Waals surface area contributed by atoms with Crippen LogP contribution in [-0.4, -0.2) is 17.8 Å². The number of benzene rings is 2. The summed E-state index contributed by atoms with van der Waals surface area (Å²) in [5.41, 5.74) is 1.19. The Morgan fingerprint density at radius 1 is 0.960 bits per heavy atom. The van der Waals surface area contributed by atoms with Crippen LogP contribution in [0.2, 0.25) is 0 Å². The number of nitrogens with zero attached hydrogens (tertiary/aromatic N) is 1. The molecule has 0 bridgehead atoms. The van der Waals surface area contributed by atoms with Crippen molar-refractivity contribution in [3.05, 3.63) is 58.6 Å². The van der Waals surface area contributed by atoms with E-state index in [2.05, 4.69) is 15.9 Å². The van der Waals surface area contributed by atoms with Crippen LogP contribution in [0, 0.1) is 11.8 Å². The maximum Gasteiger partial charge on any atom is 0.324 e. The topological polar surface area (TPSA) is 63.7 Å². The number of anilines is 1. The molecule has 2 heterocycles. The summed E-state index contributed by atoms with van der Waals surface area (Å²) in [6.45, 7) is 1.76. The van der Waals surface area contributed by atoms with Crippen molar-refractivity contribution in [2.45, 2.75) is 12.8 Å². The molecule has 4 rings (SSSR count). The number of halogens is 1. The van der Waals surface area contributed by atoms with E-state index in [9.17, 15) is 14.4 Å². The smallest absolute Gasteiger partial charge is 0.324 e. The summed E-state index contributed by atoms with van der Waals surface area (Å²) in [4.78, 5) is 39.5. The van der Waals surface area contributed by atoms with Gasteiger partial charge < -0.3 is 4.74 Å². The maximum atomic E-state index is 13.0. The number of para-hydroxylation sites is 1. The van der Waals surface area contributed by atoms with E-state index in [1.54, 1.807) is 43.3 Å². The second-order valence-electron chi connectivity index (χ2n) is 6.24. The number of hydrogen-bond acceptors (Lipinski definition) is 4. The Morgan fingerprint density at radius 3 is 2.36 bits per heavy atom. The van der Waals surface area contributed by atoms with Crippen LogP contribution < -0.4 is 9.64 Å². The highest BCUT2D eigenvalue weighted by Gasteiger charge is 2.54. The summed E-state index contributed by atoms with van der Waals surface area (Å²) in [6, 6.07) is 13.9. The molecule has 0 radical (unpaired) electrons. The van der Waals surface area contributed by atoms with Crippen molar-refractivity contribution >= 4 is 39.4 Å². The van der Waals surface area contributed by atoms with Gasteiger partial charge in [-0.1, -0.05) is 41.1 Å². The van der Waals surface area contributed by atoms with Crippen molar-refractivity contribution in [3.8, 4) is 5.75 Å². The monoisotopic (exact) mass is 399 g/mol. The first-order valence-corrected chi connectivity index (χ1v) is 8.72. The van der Waals surface area contributed by atoms with E-state index in [0.29, 0.717) is 11.4 Å². The van der Waals surface area contributed by atoms with Gasteiger partial charge in [0.2, 0.25) is 11.8 Å². The molecule has 6 heteroatoms. The average molecular weight is 400 g/mol. The molecular weight excluding hydrogens is 386 g/mol. The number of rotatable bonds is 1. The predicted octanol–water partition coefficient (Wildman–Crippen LogP) is 3.28. The first kappa shape index (κ1) is 16.0. The van der Waals surface area contributed by atoms with Crippen molar-refractivity contribution in [2.75, 3.05) is 4.90 Å². The highest BCUT2D eigenvalue weighted by atomic mass is 79.9. The van der Waals surface area contributed by atoms with Crippen molar-refractivity contribution < 1.29 is 19.1 Å². The van der Waals surface area contributed by atoms with Crippen LogP contribution in [0.25, 0.3) is 0 Å². The van der Waals surface area contributed by atoms with Crippen molar-refractivity contribution in [1.29, 1.82) is 0 Å². The maximum absolute atomic E-state index is 13.0. The summed E-state index contributed by atoms with van der Waals surface area (Å²) in [7, 11) is 0. The van der Waals surface area contributed by atoms with E-state index in [4.69, 9.17) is 4.74 Å². The number of imide groups is 1.